The van der Waals surface area contributed by atoms with Gasteiger partial charge in [0.2, 0.25) is 0 Å². The van der Waals surface area contributed by atoms with Crippen molar-refractivity contribution in [1.29, 1.82) is 0 Å². The molecule has 0 amide bonds. The fraction of sp³-hybridized carbons (Fsp3) is 0.414. The number of esters is 1. The second-order valence-corrected chi connectivity index (χ2v) is 10.8. The van der Waals surface area contributed by atoms with Crippen LogP contribution >= 0.6 is 11.3 Å². The maximum absolute atomic E-state index is 13.8. The number of anilines is 1. The van der Waals surface area contributed by atoms with Gasteiger partial charge in [0, 0.05) is 25.2 Å². The lowest BCUT2D eigenvalue weighted by Gasteiger charge is -2.25. The molecular weight excluding hydrogens is 502 g/mol. The van der Waals surface area contributed by atoms with E-state index >= 15 is 0 Å². The normalized spacial score (nSPS) is 18.0. The van der Waals surface area contributed by atoms with Crippen molar-refractivity contribution < 1.29 is 18.7 Å². The average Bonchev–Trinajstić information content (AvgIpc) is 3.48. The van der Waals surface area contributed by atoms with E-state index in [4.69, 9.17) is 13.9 Å². The monoisotopic (exact) mass is 535 g/mol. The standard InChI is InChI=1S/C29H33N3O5S/c1-5-35-21-11-9-20(10-12-21)26-25(28(34)36-18(2)3)19(4)30-29-32(26)27(33)23(38-29)17-22-13-14-24(37-22)31-15-7-6-8-16-31/h9-14,17-18,26H,5-8,15-16H2,1-4H3. The molecule has 1 aromatic carbocycles. The van der Waals surface area contributed by atoms with Crippen molar-refractivity contribution in [3.05, 3.63) is 78.7 Å². The molecular formula is C29H33N3O5S. The summed E-state index contributed by atoms with van der Waals surface area (Å²) >= 11 is 1.29. The molecule has 0 N–H and O–H groups in total. The third kappa shape index (κ3) is 5.20. The Morgan fingerprint density at radius 1 is 1.16 bits per heavy atom. The van der Waals surface area contributed by atoms with Crippen LogP contribution in [0.1, 0.15) is 64.3 Å². The summed E-state index contributed by atoms with van der Waals surface area (Å²) in [6.07, 6.45) is 5.01. The zero-order chi connectivity index (χ0) is 26.8. The van der Waals surface area contributed by atoms with Gasteiger partial charge in [0.05, 0.1) is 34.6 Å². The van der Waals surface area contributed by atoms with Crippen LogP contribution in [-0.2, 0) is 9.53 Å². The fourth-order valence-corrected chi connectivity index (χ4v) is 5.95. The highest BCUT2D eigenvalue weighted by atomic mass is 32.1. The van der Waals surface area contributed by atoms with E-state index in [1.54, 1.807) is 31.4 Å². The van der Waals surface area contributed by atoms with Gasteiger partial charge < -0.3 is 18.8 Å². The van der Waals surface area contributed by atoms with E-state index in [0.717, 1.165) is 43.1 Å². The van der Waals surface area contributed by atoms with Crippen molar-refractivity contribution in [2.75, 3.05) is 24.6 Å². The molecule has 1 unspecified atom stereocenters. The number of carbonyl (C=O) groups excluding carboxylic acids is 1. The largest absolute Gasteiger partial charge is 0.494 e. The summed E-state index contributed by atoms with van der Waals surface area (Å²) in [4.78, 5) is 34.5. The lowest BCUT2D eigenvalue weighted by molar-refractivity contribution is -0.143. The predicted octanol–water partition coefficient (Wildman–Crippen LogP) is 4.17. The molecule has 0 radical (unpaired) electrons. The van der Waals surface area contributed by atoms with Crippen molar-refractivity contribution in [3.8, 4) is 5.75 Å². The minimum atomic E-state index is -0.671. The second-order valence-electron chi connectivity index (χ2n) is 9.76. The number of piperidine rings is 1. The SMILES string of the molecule is CCOc1ccc(C2C(C(=O)OC(C)C)=C(C)N=c3sc(=Cc4ccc(N5CCCCC5)o4)c(=O)n32)cc1. The van der Waals surface area contributed by atoms with Gasteiger partial charge in [0.25, 0.3) is 5.56 Å². The summed E-state index contributed by atoms with van der Waals surface area (Å²) < 4.78 is 19.3. The number of hydrogen-bond acceptors (Lipinski definition) is 8. The Kier molecular flexibility index (Phi) is 7.56. The summed E-state index contributed by atoms with van der Waals surface area (Å²) in [5, 5.41) is 0. The zero-order valence-corrected chi connectivity index (χ0v) is 23.0. The van der Waals surface area contributed by atoms with Gasteiger partial charge in [-0.15, -0.1) is 0 Å². The molecule has 1 fully saturated rings. The Morgan fingerprint density at radius 3 is 2.58 bits per heavy atom. The van der Waals surface area contributed by atoms with E-state index in [2.05, 4.69) is 9.89 Å². The van der Waals surface area contributed by atoms with E-state index in [0.29, 0.717) is 33.0 Å². The van der Waals surface area contributed by atoms with Crippen LogP contribution in [0.2, 0.25) is 0 Å². The Hall–Kier alpha value is -3.59. The number of allylic oxidation sites excluding steroid dienone is 1. The van der Waals surface area contributed by atoms with E-state index in [-0.39, 0.29) is 11.7 Å². The molecule has 38 heavy (non-hydrogen) atoms. The molecule has 1 saturated heterocycles. The van der Waals surface area contributed by atoms with Crippen molar-refractivity contribution in [2.24, 2.45) is 4.99 Å². The first-order chi connectivity index (χ1) is 18.4. The Labute approximate surface area is 225 Å². The van der Waals surface area contributed by atoms with E-state index in [9.17, 15) is 9.59 Å². The number of thiazole rings is 1. The third-order valence-electron chi connectivity index (χ3n) is 6.64. The first-order valence-electron chi connectivity index (χ1n) is 13.2. The topological polar surface area (TPSA) is 86.3 Å². The molecule has 5 rings (SSSR count). The third-order valence-corrected chi connectivity index (χ3v) is 7.63. The maximum Gasteiger partial charge on any atom is 0.338 e. The Balaban J connectivity index is 1.59. The number of fused-ring (bicyclic) bond motifs is 1. The quantitative estimate of drug-likeness (QED) is 0.422. The summed E-state index contributed by atoms with van der Waals surface area (Å²) in [6.45, 7) is 9.82. The number of furan rings is 1. The molecule has 1 atom stereocenters. The molecule has 2 aromatic heterocycles. The van der Waals surface area contributed by atoms with Gasteiger partial charge in [-0.25, -0.2) is 9.79 Å². The highest BCUT2D eigenvalue weighted by molar-refractivity contribution is 7.07. The molecule has 2 aliphatic rings. The Bertz CT molecular complexity index is 1520. The molecule has 9 heteroatoms. The molecule has 3 aromatic rings. The number of hydrogen-bond donors (Lipinski definition) is 0. The second kappa shape index (κ2) is 11.0. The van der Waals surface area contributed by atoms with Gasteiger partial charge >= 0.3 is 5.97 Å². The molecule has 0 bridgehead atoms. The molecule has 0 spiro atoms. The number of benzene rings is 1. The minimum Gasteiger partial charge on any atom is -0.494 e. The van der Waals surface area contributed by atoms with Crippen LogP contribution in [0, 0.1) is 0 Å². The molecule has 8 nitrogen and oxygen atoms in total. The number of nitrogens with zero attached hydrogens (tertiary/aromatic N) is 3. The van der Waals surface area contributed by atoms with Crippen molar-refractivity contribution in [3.63, 3.8) is 0 Å². The number of ether oxygens (including phenoxy) is 2. The van der Waals surface area contributed by atoms with Gasteiger partial charge in [0.1, 0.15) is 11.5 Å². The summed E-state index contributed by atoms with van der Waals surface area (Å²) in [5.74, 6) is 1.68. The number of carbonyl (C=O) groups is 1. The van der Waals surface area contributed by atoms with E-state index < -0.39 is 12.0 Å². The van der Waals surface area contributed by atoms with Gasteiger partial charge in [0.15, 0.2) is 10.7 Å². The highest BCUT2D eigenvalue weighted by Gasteiger charge is 2.33. The van der Waals surface area contributed by atoms with Gasteiger partial charge in [-0.3, -0.25) is 9.36 Å². The lowest BCUT2D eigenvalue weighted by atomic mass is 9.96. The van der Waals surface area contributed by atoms with Crippen molar-refractivity contribution >= 4 is 29.3 Å². The number of rotatable bonds is 7. The smallest absolute Gasteiger partial charge is 0.338 e. The Morgan fingerprint density at radius 2 is 1.89 bits per heavy atom. The van der Waals surface area contributed by atoms with Crippen LogP contribution in [0.3, 0.4) is 0 Å². The van der Waals surface area contributed by atoms with Crippen LogP contribution in [0.25, 0.3) is 6.08 Å². The van der Waals surface area contributed by atoms with Crippen LogP contribution in [0.15, 0.2) is 61.9 Å². The summed E-state index contributed by atoms with van der Waals surface area (Å²) in [6, 6.07) is 10.6. The van der Waals surface area contributed by atoms with Gasteiger partial charge in [-0.1, -0.05) is 23.5 Å². The molecule has 0 saturated carbocycles. The minimum absolute atomic E-state index is 0.231. The van der Waals surface area contributed by atoms with Gasteiger partial charge in [-0.2, -0.15) is 0 Å². The summed E-state index contributed by atoms with van der Waals surface area (Å²) in [5.41, 5.74) is 1.43. The average molecular weight is 536 g/mol. The van der Waals surface area contributed by atoms with Gasteiger partial charge in [-0.05, 0) is 70.7 Å². The molecule has 4 heterocycles. The summed E-state index contributed by atoms with van der Waals surface area (Å²) in [7, 11) is 0. The first-order valence-corrected chi connectivity index (χ1v) is 14.0. The maximum atomic E-state index is 13.8. The zero-order valence-electron chi connectivity index (χ0n) is 22.2. The lowest BCUT2D eigenvalue weighted by Crippen LogP contribution is -2.40. The van der Waals surface area contributed by atoms with E-state index in [1.165, 1.54) is 17.8 Å². The molecule has 200 valence electrons. The van der Waals surface area contributed by atoms with Crippen LogP contribution < -0.4 is 24.5 Å². The molecule has 2 aliphatic heterocycles. The van der Waals surface area contributed by atoms with Crippen LogP contribution in [0.4, 0.5) is 5.88 Å². The fourth-order valence-electron chi connectivity index (χ4n) is 4.92. The van der Waals surface area contributed by atoms with Crippen molar-refractivity contribution in [1.82, 2.24) is 4.57 Å². The molecule has 0 aliphatic carbocycles. The highest BCUT2D eigenvalue weighted by Crippen LogP contribution is 2.32. The number of aromatic nitrogens is 1. The first kappa shape index (κ1) is 26.0. The van der Waals surface area contributed by atoms with Crippen molar-refractivity contribution in [2.45, 2.75) is 59.1 Å². The van der Waals surface area contributed by atoms with E-state index in [1.807, 2.05) is 43.3 Å². The van der Waals surface area contributed by atoms with Crippen LogP contribution in [0.5, 0.6) is 5.75 Å². The van der Waals surface area contributed by atoms with Crippen LogP contribution in [-0.4, -0.2) is 36.3 Å². The predicted molar refractivity (Wildman–Crippen MR) is 147 cm³/mol.